The molecule has 5 nitrogen and oxygen atoms in total. The third-order valence-electron chi connectivity index (χ3n) is 2.71. The molecule has 0 aliphatic heterocycles. The summed E-state index contributed by atoms with van der Waals surface area (Å²) in [5.74, 6) is 1.84. The first-order valence-electron chi connectivity index (χ1n) is 5.85. The monoisotopic (exact) mass is 260 g/mol. The molecule has 0 saturated heterocycles. The average molecular weight is 260 g/mol. The van der Waals surface area contributed by atoms with Crippen LogP contribution in [-0.2, 0) is 6.61 Å². The number of hydrogen-bond donors (Lipinski definition) is 1. The molecule has 2 rings (SSSR count). The summed E-state index contributed by atoms with van der Waals surface area (Å²) in [7, 11) is 3.17. The quantitative estimate of drug-likeness (QED) is 0.910. The fraction of sp³-hybridized carbons (Fsp3) is 0.286. The van der Waals surface area contributed by atoms with Crippen molar-refractivity contribution in [2.24, 2.45) is 0 Å². The van der Waals surface area contributed by atoms with Gasteiger partial charge >= 0.3 is 0 Å². The molecule has 0 radical (unpaired) electrons. The van der Waals surface area contributed by atoms with Crippen molar-refractivity contribution < 1.29 is 14.6 Å². The molecule has 2 aromatic rings. The molecule has 0 spiro atoms. The van der Waals surface area contributed by atoms with Crippen molar-refractivity contribution in [3.63, 3.8) is 0 Å². The Morgan fingerprint density at radius 1 is 1.05 bits per heavy atom. The van der Waals surface area contributed by atoms with Gasteiger partial charge in [0.15, 0.2) is 17.3 Å². The minimum absolute atomic E-state index is 0.107. The molecule has 0 aliphatic carbocycles. The summed E-state index contributed by atoms with van der Waals surface area (Å²) < 4.78 is 10.4. The van der Waals surface area contributed by atoms with Gasteiger partial charge in [-0.15, -0.1) is 0 Å². The third kappa shape index (κ3) is 2.82. The second kappa shape index (κ2) is 5.67. The van der Waals surface area contributed by atoms with Crippen LogP contribution in [0.3, 0.4) is 0 Å². The zero-order valence-electron chi connectivity index (χ0n) is 11.2. The lowest BCUT2D eigenvalue weighted by atomic mass is 10.1. The largest absolute Gasteiger partial charge is 0.493 e. The van der Waals surface area contributed by atoms with E-state index in [0.29, 0.717) is 23.0 Å². The van der Waals surface area contributed by atoms with Gasteiger partial charge in [0.2, 0.25) is 0 Å². The molecule has 5 heteroatoms. The van der Waals surface area contributed by atoms with Gasteiger partial charge in [0.25, 0.3) is 0 Å². The second-order valence-electron chi connectivity index (χ2n) is 4.05. The highest BCUT2D eigenvalue weighted by molar-refractivity contribution is 5.61. The van der Waals surface area contributed by atoms with E-state index in [-0.39, 0.29) is 6.61 Å². The van der Waals surface area contributed by atoms with Crippen LogP contribution in [0.4, 0.5) is 0 Å². The summed E-state index contributed by atoms with van der Waals surface area (Å²) in [5, 5.41) is 9.18. The molecule has 0 atom stereocenters. The lowest BCUT2D eigenvalue weighted by Crippen LogP contribution is -1.98. The molecule has 1 aromatic heterocycles. The molecular formula is C14H16N2O3. The molecule has 19 heavy (non-hydrogen) atoms. The Bertz CT molecular complexity index is 585. The lowest BCUT2D eigenvalue weighted by molar-refractivity contribution is 0.276. The number of aromatic nitrogens is 2. The fourth-order valence-electron chi connectivity index (χ4n) is 1.82. The summed E-state index contributed by atoms with van der Waals surface area (Å²) in [6.45, 7) is 1.76. The van der Waals surface area contributed by atoms with Crippen LogP contribution >= 0.6 is 0 Å². The number of ether oxygens (including phenoxy) is 2. The van der Waals surface area contributed by atoms with Crippen molar-refractivity contribution in [3.8, 4) is 22.9 Å². The molecule has 0 amide bonds. The van der Waals surface area contributed by atoms with Gasteiger partial charge in [0, 0.05) is 11.3 Å². The highest BCUT2D eigenvalue weighted by Gasteiger charge is 2.09. The van der Waals surface area contributed by atoms with Gasteiger partial charge in [-0.1, -0.05) is 0 Å². The van der Waals surface area contributed by atoms with E-state index in [2.05, 4.69) is 9.97 Å². The Kier molecular flexibility index (Phi) is 3.97. The van der Waals surface area contributed by atoms with Crippen molar-refractivity contribution >= 4 is 0 Å². The van der Waals surface area contributed by atoms with Crippen molar-refractivity contribution in [2.45, 2.75) is 13.5 Å². The van der Waals surface area contributed by atoms with Crippen molar-refractivity contribution in [2.75, 3.05) is 14.2 Å². The highest BCUT2D eigenvalue weighted by atomic mass is 16.5. The maximum absolute atomic E-state index is 9.18. The van der Waals surface area contributed by atoms with Gasteiger partial charge in [0.05, 0.1) is 26.5 Å². The van der Waals surface area contributed by atoms with Crippen molar-refractivity contribution in [1.29, 1.82) is 0 Å². The zero-order valence-corrected chi connectivity index (χ0v) is 11.2. The predicted molar refractivity (Wildman–Crippen MR) is 71.2 cm³/mol. The summed E-state index contributed by atoms with van der Waals surface area (Å²) in [5.41, 5.74) is 2.22. The standard InChI is InChI=1S/C14H16N2O3/c1-9-6-11(8-17)16-14(15-9)10-4-5-12(18-2)13(7-10)19-3/h4-7,17H,8H2,1-3H3. The van der Waals surface area contributed by atoms with Crippen molar-refractivity contribution in [3.05, 3.63) is 35.7 Å². The number of aliphatic hydroxyl groups excluding tert-OH is 1. The van der Waals surface area contributed by atoms with Gasteiger partial charge in [-0.2, -0.15) is 0 Å². The summed E-state index contributed by atoms with van der Waals surface area (Å²) in [6.07, 6.45) is 0. The first-order chi connectivity index (χ1) is 9.17. The van der Waals surface area contributed by atoms with E-state index >= 15 is 0 Å². The van der Waals surface area contributed by atoms with E-state index in [0.717, 1.165) is 11.3 Å². The van der Waals surface area contributed by atoms with Crippen LogP contribution in [0.15, 0.2) is 24.3 Å². The Hall–Kier alpha value is -2.14. The number of aryl methyl sites for hydroxylation is 1. The zero-order chi connectivity index (χ0) is 13.8. The van der Waals surface area contributed by atoms with Gasteiger partial charge < -0.3 is 14.6 Å². The summed E-state index contributed by atoms with van der Waals surface area (Å²) in [4.78, 5) is 8.66. The van der Waals surface area contributed by atoms with E-state index in [9.17, 15) is 5.11 Å². The minimum atomic E-state index is -0.107. The molecule has 1 aromatic carbocycles. The minimum Gasteiger partial charge on any atom is -0.493 e. The molecule has 0 aliphatic rings. The number of methoxy groups -OCH3 is 2. The Morgan fingerprint density at radius 2 is 1.79 bits per heavy atom. The molecule has 100 valence electrons. The Labute approximate surface area is 111 Å². The smallest absolute Gasteiger partial charge is 0.161 e. The van der Waals surface area contributed by atoms with E-state index in [1.165, 1.54) is 0 Å². The van der Waals surface area contributed by atoms with E-state index < -0.39 is 0 Å². The van der Waals surface area contributed by atoms with Gasteiger partial charge in [-0.3, -0.25) is 0 Å². The number of benzene rings is 1. The highest BCUT2D eigenvalue weighted by Crippen LogP contribution is 2.31. The fourth-order valence-corrected chi connectivity index (χ4v) is 1.82. The first kappa shape index (κ1) is 13.3. The van der Waals surface area contributed by atoms with E-state index in [1.807, 2.05) is 19.1 Å². The van der Waals surface area contributed by atoms with Crippen LogP contribution in [0.25, 0.3) is 11.4 Å². The molecular weight excluding hydrogens is 244 g/mol. The van der Waals surface area contributed by atoms with Crippen LogP contribution < -0.4 is 9.47 Å². The van der Waals surface area contributed by atoms with Crippen molar-refractivity contribution in [1.82, 2.24) is 9.97 Å². The van der Waals surface area contributed by atoms with Crippen LogP contribution in [-0.4, -0.2) is 29.3 Å². The van der Waals surface area contributed by atoms with Gasteiger partial charge in [0.1, 0.15) is 0 Å². The molecule has 0 saturated carbocycles. The SMILES string of the molecule is COc1ccc(-c2nc(C)cc(CO)n2)cc1OC. The first-order valence-corrected chi connectivity index (χ1v) is 5.85. The molecule has 0 fully saturated rings. The lowest BCUT2D eigenvalue weighted by Gasteiger charge is -2.09. The Morgan fingerprint density at radius 3 is 2.42 bits per heavy atom. The van der Waals surface area contributed by atoms with E-state index in [4.69, 9.17) is 9.47 Å². The third-order valence-corrected chi connectivity index (χ3v) is 2.71. The van der Waals surface area contributed by atoms with Crippen LogP contribution in [0.2, 0.25) is 0 Å². The normalized spacial score (nSPS) is 10.3. The number of rotatable bonds is 4. The number of hydrogen-bond acceptors (Lipinski definition) is 5. The average Bonchev–Trinajstić information content (AvgIpc) is 2.45. The Balaban J connectivity index is 2.49. The number of nitrogens with zero attached hydrogens (tertiary/aromatic N) is 2. The summed E-state index contributed by atoms with van der Waals surface area (Å²) in [6, 6.07) is 7.23. The van der Waals surface area contributed by atoms with Crippen LogP contribution in [0, 0.1) is 6.92 Å². The molecule has 1 N–H and O–H groups in total. The van der Waals surface area contributed by atoms with Gasteiger partial charge in [-0.05, 0) is 31.2 Å². The molecule has 0 unspecified atom stereocenters. The van der Waals surface area contributed by atoms with E-state index in [1.54, 1.807) is 26.4 Å². The maximum atomic E-state index is 9.18. The van der Waals surface area contributed by atoms with Crippen LogP contribution in [0.1, 0.15) is 11.4 Å². The van der Waals surface area contributed by atoms with Crippen LogP contribution in [0.5, 0.6) is 11.5 Å². The molecule has 0 bridgehead atoms. The maximum Gasteiger partial charge on any atom is 0.161 e. The number of aliphatic hydroxyl groups is 1. The van der Waals surface area contributed by atoms with Gasteiger partial charge in [-0.25, -0.2) is 9.97 Å². The topological polar surface area (TPSA) is 64.5 Å². The summed E-state index contributed by atoms with van der Waals surface area (Å²) >= 11 is 0. The predicted octanol–water partition coefficient (Wildman–Crippen LogP) is 1.96. The second-order valence-corrected chi connectivity index (χ2v) is 4.05. The molecule has 1 heterocycles.